The van der Waals surface area contributed by atoms with Crippen LogP contribution in [0.15, 0.2) is 11.8 Å². The molecule has 4 heterocycles. The molecule has 0 spiro atoms. The molecule has 228 valence electrons. The number of carbonyl (C=O) groups is 2. The van der Waals surface area contributed by atoms with Crippen molar-refractivity contribution in [2.24, 2.45) is 17.8 Å². The lowest BCUT2D eigenvalue weighted by molar-refractivity contribution is -0.209. The number of alkyl halides is 1. The standard InChI is InChI=1S/C32H50FN5O3/c1-37-13-5-9-22(37)10-12-35-32(40)24-18-38-26-14-19-6-2-3-7-20(19)15-27(26)41-31-28(36-21-8-4-11-34-17-21)25(33)16-23(29(31)38)30(24)39/h18-23,25-29,31,34,36H,2-17H2,1H3,(H,35,40). The molecule has 3 saturated heterocycles. The van der Waals surface area contributed by atoms with Crippen LogP contribution in [0.3, 0.4) is 0 Å². The fourth-order valence-corrected chi connectivity index (χ4v) is 9.71. The number of ketones is 1. The lowest BCUT2D eigenvalue weighted by Crippen LogP contribution is -2.74. The Kier molecular flexibility index (Phi) is 8.16. The van der Waals surface area contributed by atoms with Crippen LogP contribution in [0.1, 0.15) is 77.0 Å². The van der Waals surface area contributed by atoms with Crippen molar-refractivity contribution >= 4 is 11.7 Å². The highest BCUT2D eigenvalue weighted by molar-refractivity contribution is 6.20. The number of hydrogen-bond donors (Lipinski definition) is 3. The molecule has 3 saturated carbocycles. The topological polar surface area (TPSA) is 85.9 Å². The zero-order chi connectivity index (χ0) is 28.1. The zero-order valence-corrected chi connectivity index (χ0v) is 24.7. The number of morpholine rings is 1. The normalized spacial score (nSPS) is 44.4. The van der Waals surface area contributed by atoms with Gasteiger partial charge in [0, 0.05) is 37.3 Å². The third-order valence-electron chi connectivity index (χ3n) is 11.9. The van der Waals surface area contributed by atoms with Crippen molar-refractivity contribution in [2.75, 3.05) is 33.2 Å². The third-order valence-corrected chi connectivity index (χ3v) is 11.9. The van der Waals surface area contributed by atoms with Crippen molar-refractivity contribution in [1.29, 1.82) is 0 Å². The van der Waals surface area contributed by atoms with Gasteiger partial charge in [0.2, 0.25) is 0 Å². The molecule has 11 atom stereocenters. The predicted molar refractivity (Wildman–Crippen MR) is 155 cm³/mol. The summed E-state index contributed by atoms with van der Waals surface area (Å²) < 4.78 is 23.0. The number of hydrogen-bond acceptors (Lipinski definition) is 7. The molecule has 41 heavy (non-hydrogen) atoms. The Morgan fingerprint density at radius 3 is 2.68 bits per heavy atom. The van der Waals surface area contributed by atoms with Crippen LogP contribution >= 0.6 is 0 Å². The highest BCUT2D eigenvalue weighted by atomic mass is 19.1. The number of amides is 1. The Bertz CT molecular complexity index is 1020. The molecule has 6 fully saturated rings. The second kappa shape index (κ2) is 11.9. The molecule has 0 aromatic rings. The van der Waals surface area contributed by atoms with Gasteiger partial charge in [0.05, 0.1) is 35.9 Å². The summed E-state index contributed by atoms with van der Waals surface area (Å²) in [5, 5.41) is 10.2. The second-order valence-corrected chi connectivity index (χ2v) is 14.2. The molecule has 7 aliphatic rings. The van der Waals surface area contributed by atoms with Crippen LogP contribution in [0.25, 0.3) is 0 Å². The van der Waals surface area contributed by atoms with E-state index in [2.05, 4.69) is 32.8 Å². The summed E-state index contributed by atoms with van der Waals surface area (Å²) in [4.78, 5) is 32.1. The molecule has 7 rings (SSSR count). The van der Waals surface area contributed by atoms with Crippen molar-refractivity contribution in [2.45, 2.75) is 126 Å². The zero-order valence-electron chi connectivity index (χ0n) is 24.7. The quantitative estimate of drug-likeness (QED) is 0.423. The van der Waals surface area contributed by atoms with Crippen LogP contribution in [0, 0.1) is 17.8 Å². The fourth-order valence-electron chi connectivity index (χ4n) is 9.71. The van der Waals surface area contributed by atoms with Crippen molar-refractivity contribution < 1.29 is 18.7 Å². The molecule has 4 aliphatic heterocycles. The van der Waals surface area contributed by atoms with E-state index in [-0.39, 0.29) is 47.9 Å². The van der Waals surface area contributed by atoms with Crippen LogP contribution in [0.4, 0.5) is 4.39 Å². The van der Waals surface area contributed by atoms with Gasteiger partial charge in [-0.2, -0.15) is 0 Å². The number of likely N-dealkylation sites (tertiary alicyclic amines) is 1. The lowest BCUT2D eigenvalue weighted by atomic mass is 9.65. The fraction of sp³-hybridized carbons (Fsp3) is 0.875. The largest absolute Gasteiger partial charge is 0.369 e. The van der Waals surface area contributed by atoms with Crippen LogP contribution in [0.2, 0.25) is 0 Å². The molecule has 9 heteroatoms. The molecule has 8 nitrogen and oxygen atoms in total. The summed E-state index contributed by atoms with van der Waals surface area (Å²) in [6.07, 6.45) is 13.0. The monoisotopic (exact) mass is 571 g/mol. The van der Waals surface area contributed by atoms with Crippen LogP contribution in [-0.4, -0.2) is 103 Å². The maximum atomic E-state index is 16.1. The molecular formula is C32H50FN5O3. The average molecular weight is 572 g/mol. The molecule has 0 radical (unpaired) electrons. The smallest absolute Gasteiger partial charge is 0.256 e. The number of Topliss-reactive ketones (excluding diaryl/α,β-unsaturated/α-hetero) is 1. The highest BCUT2D eigenvalue weighted by Crippen LogP contribution is 2.50. The van der Waals surface area contributed by atoms with Crippen LogP contribution in [-0.2, 0) is 14.3 Å². The van der Waals surface area contributed by atoms with Crippen LogP contribution < -0.4 is 16.0 Å². The van der Waals surface area contributed by atoms with Crippen LogP contribution in [0.5, 0.6) is 0 Å². The number of halogens is 1. The first kappa shape index (κ1) is 28.2. The van der Waals surface area contributed by atoms with Gasteiger partial charge in [-0.3, -0.25) is 9.59 Å². The number of fused-ring (bicyclic) bond motifs is 3. The minimum Gasteiger partial charge on any atom is -0.369 e. The van der Waals surface area contributed by atoms with E-state index in [1.54, 1.807) is 0 Å². The Morgan fingerprint density at radius 1 is 1.10 bits per heavy atom. The van der Waals surface area contributed by atoms with Gasteiger partial charge in [0.1, 0.15) is 6.17 Å². The third kappa shape index (κ3) is 5.38. The molecule has 0 bridgehead atoms. The molecule has 11 unspecified atom stereocenters. The van der Waals surface area contributed by atoms with E-state index in [1.807, 2.05) is 6.20 Å². The average Bonchev–Trinajstić information content (AvgIpc) is 3.39. The van der Waals surface area contributed by atoms with Gasteiger partial charge in [0.25, 0.3) is 5.91 Å². The molecule has 3 aliphatic carbocycles. The van der Waals surface area contributed by atoms with E-state index in [0.29, 0.717) is 24.4 Å². The van der Waals surface area contributed by atoms with Gasteiger partial charge in [0.15, 0.2) is 5.78 Å². The Labute approximate surface area is 244 Å². The number of ether oxygens (including phenoxy) is 1. The van der Waals surface area contributed by atoms with Gasteiger partial charge in [-0.05, 0) is 83.3 Å². The SMILES string of the molecule is CN1CCCC1CCNC(=O)C1=CN2C3CC4CCCCC4CC3OC3C(NC4CCCNC4)C(F)CC(C1=O)C32. The minimum atomic E-state index is -1.18. The first-order valence-corrected chi connectivity index (χ1v) is 16.8. The minimum absolute atomic E-state index is 0.0157. The van der Waals surface area contributed by atoms with Crippen molar-refractivity contribution in [3.63, 3.8) is 0 Å². The van der Waals surface area contributed by atoms with Crippen molar-refractivity contribution in [1.82, 2.24) is 25.8 Å². The number of carbonyl (C=O) groups excluding carboxylic acids is 2. The second-order valence-electron chi connectivity index (χ2n) is 14.2. The van der Waals surface area contributed by atoms with Gasteiger partial charge < -0.3 is 30.5 Å². The molecule has 0 aromatic carbocycles. The lowest BCUT2D eigenvalue weighted by Gasteiger charge is -2.61. The maximum absolute atomic E-state index is 16.1. The molecular weight excluding hydrogens is 521 g/mol. The van der Waals surface area contributed by atoms with Crippen molar-refractivity contribution in [3.8, 4) is 0 Å². The summed E-state index contributed by atoms with van der Waals surface area (Å²) >= 11 is 0. The van der Waals surface area contributed by atoms with Gasteiger partial charge >= 0.3 is 0 Å². The summed E-state index contributed by atoms with van der Waals surface area (Å²) in [6, 6.07) is 0.190. The number of nitrogens with one attached hydrogen (secondary N) is 3. The molecule has 1 amide bonds. The van der Waals surface area contributed by atoms with E-state index < -0.39 is 24.2 Å². The Balaban J connectivity index is 1.15. The first-order chi connectivity index (χ1) is 20.0. The predicted octanol–water partition coefficient (Wildman–Crippen LogP) is 2.53. The van der Waals surface area contributed by atoms with Gasteiger partial charge in [-0.25, -0.2) is 4.39 Å². The van der Waals surface area contributed by atoms with E-state index in [0.717, 1.165) is 58.2 Å². The summed E-state index contributed by atoms with van der Waals surface area (Å²) in [6.45, 7) is 3.50. The van der Waals surface area contributed by atoms with Gasteiger partial charge in [-0.1, -0.05) is 25.7 Å². The summed E-state index contributed by atoms with van der Waals surface area (Å²) in [5.41, 5.74) is 0.228. The number of piperidine rings is 1. The molecule has 0 aromatic heterocycles. The Hall–Kier alpha value is -1.55. The molecule has 3 N–H and O–H groups in total. The number of rotatable bonds is 6. The van der Waals surface area contributed by atoms with Crippen molar-refractivity contribution in [3.05, 3.63) is 11.8 Å². The summed E-state index contributed by atoms with van der Waals surface area (Å²) in [7, 11) is 2.14. The van der Waals surface area contributed by atoms with E-state index in [4.69, 9.17) is 4.74 Å². The van der Waals surface area contributed by atoms with E-state index >= 15 is 4.39 Å². The Morgan fingerprint density at radius 2 is 1.93 bits per heavy atom. The maximum Gasteiger partial charge on any atom is 0.256 e. The van der Waals surface area contributed by atoms with Gasteiger partial charge in [-0.15, -0.1) is 0 Å². The summed E-state index contributed by atoms with van der Waals surface area (Å²) in [5.74, 6) is 0.317. The van der Waals surface area contributed by atoms with E-state index in [9.17, 15) is 9.59 Å². The van der Waals surface area contributed by atoms with E-state index in [1.165, 1.54) is 32.1 Å². The highest BCUT2D eigenvalue weighted by Gasteiger charge is 2.59. The first-order valence-electron chi connectivity index (χ1n) is 16.8. The number of nitrogens with zero attached hydrogens (tertiary/aromatic N) is 2.